The van der Waals surface area contributed by atoms with E-state index in [2.05, 4.69) is 19.9 Å². The van der Waals surface area contributed by atoms with Gasteiger partial charge in [0, 0.05) is 0 Å². The average Bonchev–Trinajstić information content (AvgIpc) is 2.88. The number of hydrogen-bond donors (Lipinski definition) is 1. The first kappa shape index (κ1) is 21.8. The van der Waals surface area contributed by atoms with E-state index in [0.717, 1.165) is 38.5 Å². The normalized spacial score (nSPS) is 42.6. The van der Waals surface area contributed by atoms with Crippen LogP contribution in [0.25, 0.3) is 0 Å². The van der Waals surface area contributed by atoms with E-state index >= 15 is 0 Å². The van der Waals surface area contributed by atoms with Gasteiger partial charge in [-0.2, -0.15) is 0 Å². The van der Waals surface area contributed by atoms with Gasteiger partial charge < -0.3 is 19.3 Å². The predicted molar refractivity (Wildman–Crippen MR) is 108 cm³/mol. The number of aliphatic hydroxyl groups is 1. The maximum atomic E-state index is 12.9. The van der Waals surface area contributed by atoms with Gasteiger partial charge in [-0.25, -0.2) is 0 Å². The number of rotatable bonds is 0. The Morgan fingerprint density at radius 2 is 1.79 bits per heavy atom. The van der Waals surface area contributed by atoms with Crippen LogP contribution in [0.15, 0.2) is 11.6 Å². The summed E-state index contributed by atoms with van der Waals surface area (Å²) in [5, 5.41) is 10.7. The second-order valence-electron chi connectivity index (χ2n) is 9.68. The minimum Gasteiger partial charge on any atom is -0.462 e. The Hall–Kier alpha value is -0.910. The Morgan fingerprint density at radius 1 is 1.07 bits per heavy atom. The summed E-state index contributed by atoms with van der Waals surface area (Å²) >= 11 is 0. The van der Waals surface area contributed by atoms with Crippen LogP contribution in [0.1, 0.15) is 79.6 Å². The minimum absolute atomic E-state index is 0.0502. The van der Waals surface area contributed by atoms with Crippen LogP contribution in [0.5, 0.6) is 0 Å². The highest BCUT2D eigenvalue weighted by Gasteiger charge is 2.44. The molecule has 0 aromatic carbocycles. The van der Waals surface area contributed by atoms with E-state index in [0.29, 0.717) is 12.3 Å². The number of ether oxygens (including phenoxy) is 3. The summed E-state index contributed by atoms with van der Waals surface area (Å²) in [6.07, 6.45) is 7.09. The second-order valence-corrected chi connectivity index (χ2v) is 9.68. The monoisotopic (exact) mass is 394 g/mol. The molecular formula is C23H38O5. The average molecular weight is 395 g/mol. The van der Waals surface area contributed by atoms with Crippen molar-refractivity contribution in [2.24, 2.45) is 17.8 Å². The molecule has 7 atom stereocenters. The highest BCUT2D eigenvalue weighted by Crippen LogP contribution is 2.40. The van der Waals surface area contributed by atoms with Crippen molar-refractivity contribution in [1.82, 2.24) is 0 Å². The third-order valence-electron chi connectivity index (χ3n) is 6.57. The quantitative estimate of drug-likeness (QED) is 0.488. The Kier molecular flexibility index (Phi) is 6.88. The number of carbonyl (C=O) groups excluding carboxylic acids is 1. The van der Waals surface area contributed by atoms with Crippen molar-refractivity contribution in [3.05, 3.63) is 11.6 Å². The van der Waals surface area contributed by atoms with Crippen molar-refractivity contribution in [1.29, 1.82) is 0 Å². The van der Waals surface area contributed by atoms with Gasteiger partial charge in [-0.05, 0) is 78.1 Å². The predicted octanol–water partition coefficient (Wildman–Crippen LogP) is 4.37. The Balaban J connectivity index is 1.77. The molecule has 0 aromatic rings. The summed E-state index contributed by atoms with van der Waals surface area (Å²) in [6, 6.07) is 0. The molecule has 0 saturated carbocycles. The van der Waals surface area contributed by atoms with E-state index in [9.17, 15) is 9.90 Å². The van der Waals surface area contributed by atoms with Crippen LogP contribution in [-0.4, -0.2) is 41.3 Å². The van der Waals surface area contributed by atoms with E-state index in [1.165, 1.54) is 5.57 Å². The second kappa shape index (κ2) is 8.85. The van der Waals surface area contributed by atoms with Gasteiger partial charge in [-0.3, -0.25) is 4.79 Å². The molecule has 0 amide bonds. The van der Waals surface area contributed by atoms with Crippen LogP contribution in [0.4, 0.5) is 0 Å². The minimum atomic E-state index is -0.655. The first-order valence-electron chi connectivity index (χ1n) is 11.1. The highest BCUT2D eigenvalue weighted by atomic mass is 16.8. The van der Waals surface area contributed by atoms with Crippen molar-refractivity contribution in [3.8, 4) is 0 Å². The van der Waals surface area contributed by atoms with E-state index in [1.54, 1.807) is 0 Å². The molecule has 3 aliphatic rings. The number of esters is 1. The lowest BCUT2D eigenvalue weighted by atomic mass is 9.72. The van der Waals surface area contributed by atoms with Gasteiger partial charge in [-0.15, -0.1) is 0 Å². The molecule has 2 fully saturated rings. The summed E-state index contributed by atoms with van der Waals surface area (Å²) in [7, 11) is 0. The van der Waals surface area contributed by atoms with Crippen LogP contribution in [0, 0.1) is 17.8 Å². The molecule has 2 heterocycles. The smallest absolute Gasteiger partial charge is 0.310 e. The Morgan fingerprint density at radius 3 is 2.54 bits per heavy atom. The molecule has 0 radical (unpaired) electrons. The van der Waals surface area contributed by atoms with Crippen molar-refractivity contribution < 1.29 is 24.1 Å². The molecule has 5 nitrogen and oxygen atoms in total. The number of hydrogen-bond acceptors (Lipinski definition) is 5. The van der Waals surface area contributed by atoms with E-state index in [1.807, 2.05) is 20.8 Å². The standard InChI is InChI=1S/C23H38O5/c1-14-12-15(2)20-17(13-14)9-7-11-19-21(28-23(4,5)27-19)18(24)10-6-8-16(3)26-22(20)25/h12,15-21,24H,6-11,13H2,1-5H3/t15?,16-,17?,18?,19?,20?,21?/m0/s1. The molecule has 1 aliphatic carbocycles. The fraction of sp³-hybridized carbons (Fsp3) is 0.870. The summed E-state index contributed by atoms with van der Waals surface area (Å²) in [5.41, 5.74) is 1.37. The lowest BCUT2D eigenvalue weighted by Crippen LogP contribution is -2.37. The van der Waals surface area contributed by atoms with Gasteiger partial charge in [-0.1, -0.05) is 25.0 Å². The fourth-order valence-corrected chi connectivity index (χ4v) is 5.39. The van der Waals surface area contributed by atoms with Crippen molar-refractivity contribution in [3.63, 3.8) is 0 Å². The van der Waals surface area contributed by atoms with E-state index in [4.69, 9.17) is 14.2 Å². The summed E-state index contributed by atoms with van der Waals surface area (Å²) in [5.74, 6) is -0.247. The summed E-state index contributed by atoms with van der Waals surface area (Å²) in [4.78, 5) is 12.9. The molecule has 28 heavy (non-hydrogen) atoms. The van der Waals surface area contributed by atoms with Gasteiger partial charge >= 0.3 is 5.97 Å². The van der Waals surface area contributed by atoms with Crippen LogP contribution < -0.4 is 0 Å². The van der Waals surface area contributed by atoms with Gasteiger partial charge in [0.25, 0.3) is 0 Å². The van der Waals surface area contributed by atoms with E-state index in [-0.39, 0.29) is 36.1 Å². The van der Waals surface area contributed by atoms with Crippen molar-refractivity contribution in [2.45, 2.75) is 110 Å². The Bertz CT molecular complexity index is 584. The highest BCUT2D eigenvalue weighted by molar-refractivity contribution is 5.74. The molecular weight excluding hydrogens is 356 g/mol. The van der Waals surface area contributed by atoms with Crippen LogP contribution in [0.2, 0.25) is 0 Å². The molecule has 2 aliphatic heterocycles. The van der Waals surface area contributed by atoms with E-state index < -0.39 is 11.9 Å². The first-order chi connectivity index (χ1) is 13.2. The zero-order chi connectivity index (χ0) is 20.5. The third kappa shape index (κ3) is 5.17. The van der Waals surface area contributed by atoms with Crippen molar-refractivity contribution >= 4 is 5.97 Å². The molecule has 3 rings (SSSR count). The number of aliphatic hydroxyl groups excluding tert-OH is 1. The molecule has 1 N–H and O–H groups in total. The number of carbonyl (C=O) groups is 1. The maximum absolute atomic E-state index is 12.9. The van der Waals surface area contributed by atoms with Gasteiger partial charge in [0.2, 0.25) is 0 Å². The van der Waals surface area contributed by atoms with Gasteiger partial charge in [0.05, 0.1) is 24.2 Å². The number of allylic oxidation sites excluding steroid dienone is 2. The largest absolute Gasteiger partial charge is 0.462 e. The van der Waals surface area contributed by atoms with Gasteiger partial charge in [0.1, 0.15) is 6.10 Å². The summed E-state index contributed by atoms with van der Waals surface area (Å²) in [6.45, 7) is 10.1. The molecule has 2 saturated heterocycles. The van der Waals surface area contributed by atoms with Crippen LogP contribution >= 0.6 is 0 Å². The lowest BCUT2D eigenvalue weighted by molar-refractivity contribution is -0.158. The maximum Gasteiger partial charge on any atom is 0.310 e. The number of cyclic esters (lactones) is 1. The topological polar surface area (TPSA) is 65.0 Å². The zero-order valence-corrected chi connectivity index (χ0v) is 18.1. The fourth-order valence-electron chi connectivity index (χ4n) is 5.39. The number of fused-ring (bicyclic) bond motifs is 2. The molecule has 160 valence electrons. The molecule has 0 spiro atoms. The van der Waals surface area contributed by atoms with Crippen LogP contribution in [0.3, 0.4) is 0 Å². The molecule has 0 aromatic heterocycles. The SMILES string of the molecule is CC1=CC(C)C2C(=O)O[C@@H](C)CCCC(O)C3OC(C)(C)OC3CCCC2C1. The zero-order valence-electron chi connectivity index (χ0n) is 18.1. The molecule has 0 bridgehead atoms. The van der Waals surface area contributed by atoms with Gasteiger partial charge in [0.15, 0.2) is 5.79 Å². The molecule has 5 heteroatoms. The summed E-state index contributed by atoms with van der Waals surface area (Å²) < 4.78 is 18.0. The first-order valence-corrected chi connectivity index (χ1v) is 11.1. The lowest BCUT2D eigenvalue weighted by Gasteiger charge is -2.35. The van der Waals surface area contributed by atoms with Crippen LogP contribution in [-0.2, 0) is 19.0 Å². The molecule has 6 unspecified atom stereocenters. The Labute approximate surface area is 169 Å². The third-order valence-corrected chi connectivity index (χ3v) is 6.57. The van der Waals surface area contributed by atoms with Crippen molar-refractivity contribution in [2.75, 3.05) is 0 Å².